The summed E-state index contributed by atoms with van der Waals surface area (Å²) >= 11 is 0. The van der Waals surface area contributed by atoms with Crippen LogP contribution in [0.1, 0.15) is 32.7 Å². The van der Waals surface area contributed by atoms with Crippen molar-refractivity contribution in [2.75, 3.05) is 49.0 Å². The summed E-state index contributed by atoms with van der Waals surface area (Å²) in [5.41, 5.74) is 4.86. The van der Waals surface area contributed by atoms with Crippen molar-refractivity contribution in [1.29, 1.82) is 0 Å². The Labute approximate surface area is 318 Å². The van der Waals surface area contributed by atoms with Gasteiger partial charge in [0.15, 0.2) is 0 Å². The fourth-order valence-electron chi connectivity index (χ4n) is 4.58. The number of carbonyl (C=O) groups excluding carboxylic acids is 2. The van der Waals surface area contributed by atoms with Gasteiger partial charge in [0, 0.05) is 49.5 Å². The van der Waals surface area contributed by atoms with E-state index in [9.17, 15) is 52.8 Å². The number of urea groups is 1. The van der Waals surface area contributed by atoms with E-state index >= 15 is 0 Å². The van der Waals surface area contributed by atoms with E-state index in [0.717, 1.165) is 36.8 Å². The molecular weight excluding hydrogens is 797 g/mol. The quantitative estimate of drug-likeness (QED) is 0.0755. The van der Waals surface area contributed by atoms with E-state index in [4.69, 9.17) is 10.5 Å². The first-order chi connectivity index (χ1) is 25.9. The Hall–Kier alpha value is -5.45. The van der Waals surface area contributed by atoms with Crippen molar-refractivity contribution in [3.8, 4) is 11.5 Å². The van der Waals surface area contributed by atoms with Crippen LogP contribution in [-0.2, 0) is 45.2 Å². The average molecular weight is 834 g/mol. The molecule has 22 heteroatoms. The fraction of sp³-hybridized carbons (Fsp3) is 0.265. The molecule has 3 aromatic carbocycles. The maximum Gasteiger partial charge on any atom is 0.416 e. The molecule has 0 aliphatic rings. The van der Waals surface area contributed by atoms with E-state index in [1.165, 1.54) is 43.6 Å². The average Bonchev–Trinajstić information content (AvgIpc) is 3.08. The number of rotatable bonds is 13. The number of carbonyl (C=O) groups is 2. The third kappa shape index (κ3) is 15.4. The van der Waals surface area contributed by atoms with E-state index in [2.05, 4.69) is 30.4 Å². The number of nitrogens with zero attached hydrogens (tertiary/aromatic N) is 1. The van der Waals surface area contributed by atoms with Gasteiger partial charge in [0.2, 0.25) is 20.0 Å². The van der Waals surface area contributed by atoms with E-state index in [0.29, 0.717) is 28.3 Å². The standard InChI is InChI=1S/C24H24F3N5O5S.C10H13F3N2O2S/c1-28-22(33)21-14-19(10-11-29-21)37-18-7-5-17(6-8-18)31-23(34)32-20-13-16(24(25,26)27)4-3-15(20)9-12-30-38(2,35)36;1-18(16,17)15-5-4-7-2-3-8(6-9(7)14)10(11,12)13/h3-8,10-11,13-14,30H,9,12H2,1-2H3,(H,28,33)(H2,31,32,34);2-3,6,15H,4-5,14H2,1H3. The SMILES string of the molecule is CNC(=O)c1cc(Oc2ccc(NC(=O)Nc3cc(C(F)(F)F)ccc3CCNS(C)(=O)=O)cc2)ccn1.CS(=O)(=O)NCCc1ccc(C(F)(F)F)cc1N. The number of nitrogens with one attached hydrogen (secondary N) is 5. The summed E-state index contributed by atoms with van der Waals surface area (Å²) in [4.78, 5) is 28.2. The topological polar surface area (TPSA) is 211 Å². The van der Waals surface area contributed by atoms with Gasteiger partial charge in [-0.15, -0.1) is 0 Å². The van der Waals surface area contributed by atoms with Gasteiger partial charge in [0.25, 0.3) is 5.91 Å². The minimum atomic E-state index is -4.64. The van der Waals surface area contributed by atoms with Crippen LogP contribution in [0.2, 0.25) is 0 Å². The summed E-state index contributed by atoms with van der Waals surface area (Å²) in [6.45, 7) is 0.0262. The van der Waals surface area contributed by atoms with E-state index in [-0.39, 0.29) is 48.9 Å². The minimum absolute atomic E-state index is 0.000117. The molecule has 0 unspecified atom stereocenters. The molecule has 0 saturated carbocycles. The lowest BCUT2D eigenvalue weighted by Crippen LogP contribution is -2.25. The normalized spacial score (nSPS) is 11.9. The van der Waals surface area contributed by atoms with Gasteiger partial charge < -0.3 is 26.4 Å². The molecule has 3 amide bonds. The van der Waals surface area contributed by atoms with Crippen LogP contribution >= 0.6 is 0 Å². The summed E-state index contributed by atoms with van der Waals surface area (Å²) in [5, 5.41) is 7.37. The van der Waals surface area contributed by atoms with Crippen LogP contribution in [-0.4, -0.2) is 66.4 Å². The summed E-state index contributed by atoms with van der Waals surface area (Å²) in [6.07, 6.45) is -5.41. The number of anilines is 3. The number of ether oxygens (including phenoxy) is 1. The van der Waals surface area contributed by atoms with Crippen LogP contribution in [0, 0.1) is 0 Å². The predicted molar refractivity (Wildman–Crippen MR) is 197 cm³/mol. The van der Waals surface area contributed by atoms with Crippen molar-refractivity contribution in [2.24, 2.45) is 0 Å². The Bertz CT molecular complexity index is 2220. The predicted octanol–water partition coefficient (Wildman–Crippen LogP) is 5.37. The zero-order valence-electron chi connectivity index (χ0n) is 29.8. The second kappa shape index (κ2) is 18.9. The largest absolute Gasteiger partial charge is 0.457 e. The first-order valence-electron chi connectivity index (χ1n) is 16.0. The Morgan fingerprint density at radius 1 is 0.714 bits per heavy atom. The van der Waals surface area contributed by atoms with Gasteiger partial charge in [0.05, 0.1) is 23.6 Å². The van der Waals surface area contributed by atoms with E-state index in [1.807, 2.05) is 0 Å². The molecule has 14 nitrogen and oxygen atoms in total. The first kappa shape index (κ1) is 44.9. The van der Waals surface area contributed by atoms with Gasteiger partial charge in [-0.25, -0.2) is 31.1 Å². The summed E-state index contributed by atoms with van der Waals surface area (Å²) < 4.78 is 131. The second-order valence-corrected chi connectivity index (χ2v) is 15.4. The summed E-state index contributed by atoms with van der Waals surface area (Å²) in [7, 11) is -5.33. The van der Waals surface area contributed by atoms with Crippen molar-refractivity contribution in [2.45, 2.75) is 25.2 Å². The highest BCUT2D eigenvalue weighted by atomic mass is 32.2. The molecule has 0 aliphatic heterocycles. The zero-order valence-corrected chi connectivity index (χ0v) is 31.4. The van der Waals surface area contributed by atoms with Gasteiger partial charge in [-0.3, -0.25) is 9.78 Å². The van der Waals surface area contributed by atoms with Crippen molar-refractivity contribution in [3.63, 3.8) is 0 Å². The number of nitrogen functional groups attached to an aromatic ring is 1. The molecule has 4 rings (SSSR count). The molecule has 0 fully saturated rings. The molecule has 0 radical (unpaired) electrons. The number of amides is 3. The number of sulfonamides is 2. The van der Waals surface area contributed by atoms with E-state index in [1.54, 1.807) is 18.2 Å². The molecule has 1 heterocycles. The minimum Gasteiger partial charge on any atom is -0.457 e. The molecule has 7 N–H and O–H groups in total. The van der Waals surface area contributed by atoms with Crippen LogP contribution in [0.25, 0.3) is 0 Å². The Kier molecular flexibility index (Phi) is 15.2. The lowest BCUT2D eigenvalue weighted by atomic mass is 10.1. The number of aromatic nitrogens is 1. The van der Waals surface area contributed by atoms with Gasteiger partial charge in [-0.05, 0) is 78.6 Å². The smallest absolute Gasteiger partial charge is 0.416 e. The van der Waals surface area contributed by atoms with Crippen molar-refractivity contribution >= 4 is 49.0 Å². The van der Waals surface area contributed by atoms with Crippen LogP contribution in [0.5, 0.6) is 11.5 Å². The molecule has 0 saturated heterocycles. The van der Waals surface area contributed by atoms with Crippen molar-refractivity contribution < 1.29 is 57.5 Å². The first-order valence-corrected chi connectivity index (χ1v) is 19.8. The van der Waals surface area contributed by atoms with Gasteiger partial charge >= 0.3 is 18.4 Å². The number of hydrogen-bond donors (Lipinski definition) is 6. The van der Waals surface area contributed by atoms with Crippen molar-refractivity contribution in [1.82, 2.24) is 19.7 Å². The van der Waals surface area contributed by atoms with Gasteiger partial charge in [-0.2, -0.15) is 26.3 Å². The summed E-state index contributed by atoms with van der Waals surface area (Å²) in [5.74, 6) is 0.375. The fourth-order valence-corrected chi connectivity index (χ4v) is 5.53. The second-order valence-electron chi connectivity index (χ2n) is 11.8. The third-order valence-corrected chi connectivity index (χ3v) is 8.67. The van der Waals surface area contributed by atoms with Crippen LogP contribution < -0.4 is 35.9 Å². The van der Waals surface area contributed by atoms with E-state index < -0.39 is 49.6 Å². The Balaban J connectivity index is 0.000000391. The lowest BCUT2D eigenvalue weighted by Gasteiger charge is -2.15. The molecule has 0 spiro atoms. The number of nitrogens with two attached hydrogens (primary N) is 1. The maximum absolute atomic E-state index is 13.2. The number of alkyl halides is 6. The monoisotopic (exact) mass is 833 g/mol. The number of halogens is 6. The number of pyridine rings is 1. The van der Waals surface area contributed by atoms with Crippen LogP contribution in [0.4, 0.5) is 48.2 Å². The van der Waals surface area contributed by atoms with Crippen molar-refractivity contribution in [3.05, 3.63) is 107 Å². The molecular formula is C34H37F6N7O7S2. The van der Waals surface area contributed by atoms with Crippen LogP contribution in [0.3, 0.4) is 0 Å². The molecule has 1 aromatic heterocycles. The highest BCUT2D eigenvalue weighted by Gasteiger charge is 2.32. The molecule has 56 heavy (non-hydrogen) atoms. The molecule has 0 atom stereocenters. The molecule has 4 aromatic rings. The number of hydrogen-bond acceptors (Lipinski definition) is 9. The Morgan fingerprint density at radius 3 is 1.77 bits per heavy atom. The Morgan fingerprint density at radius 2 is 1.25 bits per heavy atom. The van der Waals surface area contributed by atoms with Gasteiger partial charge in [-0.1, -0.05) is 12.1 Å². The highest BCUT2D eigenvalue weighted by Crippen LogP contribution is 2.33. The molecule has 304 valence electrons. The molecule has 0 aliphatic carbocycles. The number of benzene rings is 3. The van der Waals surface area contributed by atoms with Gasteiger partial charge in [0.1, 0.15) is 17.2 Å². The molecule has 0 bridgehead atoms. The highest BCUT2D eigenvalue weighted by molar-refractivity contribution is 7.89. The summed E-state index contributed by atoms with van der Waals surface area (Å²) in [6, 6.07) is 14.2. The zero-order chi connectivity index (χ0) is 41.9. The maximum atomic E-state index is 13.2. The third-order valence-electron chi connectivity index (χ3n) is 7.21. The van der Waals surface area contributed by atoms with Crippen LogP contribution in [0.15, 0.2) is 79.0 Å². The lowest BCUT2D eigenvalue weighted by molar-refractivity contribution is -0.138.